The molecular formula is C16H18ClFO. The van der Waals surface area contributed by atoms with Crippen molar-refractivity contribution in [2.24, 2.45) is 5.92 Å². The summed E-state index contributed by atoms with van der Waals surface area (Å²) in [5, 5.41) is 0. The topological polar surface area (TPSA) is 9.23 Å². The number of rotatable bonds is 3. The summed E-state index contributed by atoms with van der Waals surface area (Å²) in [5.74, 6) is 6.79. The SMILES string of the molecule is Fc1ccc(OCC2CCCCC2)c(C#CCCl)c1. The molecule has 0 aliphatic heterocycles. The third-order valence-electron chi connectivity index (χ3n) is 3.43. The lowest BCUT2D eigenvalue weighted by molar-refractivity contribution is 0.208. The van der Waals surface area contributed by atoms with E-state index >= 15 is 0 Å². The highest BCUT2D eigenvalue weighted by Crippen LogP contribution is 2.26. The van der Waals surface area contributed by atoms with E-state index in [0.29, 0.717) is 23.8 Å². The molecule has 3 heteroatoms. The fraction of sp³-hybridized carbons (Fsp3) is 0.500. The lowest BCUT2D eigenvalue weighted by Crippen LogP contribution is -2.15. The average Bonchev–Trinajstić information content (AvgIpc) is 2.45. The van der Waals surface area contributed by atoms with Crippen LogP contribution >= 0.6 is 11.6 Å². The molecule has 102 valence electrons. The van der Waals surface area contributed by atoms with Crippen molar-refractivity contribution in [3.05, 3.63) is 29.6 Å². The molecular weight excluding hydrogens is 263 g/mol. The minimum absolute atomic E-state index is 0.235. The number of hydrogen-bond donors (Lipinski definition) is 0. The van der Waals surface area contributed by atoms with E-state index in [9.17, 15) is 4.39 Å². The van der Waals surface area contributed by atoms with Gasteiger partial charge >= 0.3 is 0 Å². The van der Waals surface area contributed by atoms with Gasteiger partial charge in [-0.25, -0.2) is 4.39 Å². The number of ether oxygens (including phenoxy) is 1. The zero-order valence-corrected chi connectivity index (χ0v) is 11.7. The Bertz CT molecular complexity index is 469. The molecule has 0 spiro atoms. The van der Waals surface area contributed by atoms with Crippen molar-refractivity contribution >= 4 is 11.6 Å². The van der Waals surface area contributed by atoms with Gasteiger partial charge in [0.2, 0.25) is 0 Å². The summed E-state index contributed by atoms with van der Waals surface area (Å²) in [6, 6.07) is 4.45. The van der Waals surface area contributed by atoms with Crippen LogP contribution in [0.4, 0.5) is 4.39 Å². The molecule has 1 nitrogen and oxygen atoms in total. The summed E-state index contributed by atoms with van der Waals surface area (Å²) in [6.07, 6.45) is 6.36. The second-order valence-electron chi connectivity index (χ2n) is 4.89. The van der Waals surface area contributed by atoms with Crippen molar-refractivity contribution < 1.29 is 9.13 Å². The zero-order valence-electron chi connectivity index (χ0n) is 10.9. The Morgan fingerprint density at radius 1 is 1.26 bits per heavy atom. The maximum atomic E-state index is 13.2. The predicted molar refractivity (Wildman–Crippen MR) is 76.1 cm³/mol. The Hall–Kier alpha value is -1.20. The van der Waals surface area contributed by atoms with Gasteiger partial charge in [0, 0.05) is 0 Å². The van der Waals surface area contributed by atoms with Crippen LogP contribution in [0.2, 0.25) is 0 Å². The number of halogens is 2. The molecule has 1 aromatic rings. The molecule has 0 atom stereocenters. The van der Waals surface area contributed by atoms with Crippen molar-refractivity contribution in [3.8, 4) is 17.6 Å². The molecule has 2 rings (SSSR count). The monoisotopic (exact) mass is 280 g/mol. The van der Waals surface area contributed by atoms with Gasteiger partial charge in [-0.15, -0.1) is 11.6 Å². The molecule has 0 unspecified atom stereocenters. The summed E-state index contributed by atoms with van der Waals surface area (Å²) < 4.78 is 19.0. The summed E-state index contributed by atoms with van der Waals surface area (Å²) >= 11 is 5.53. The first-order chi connectivity index (χ1) is 9.29. The first kappa shape index (κ1) is 14.2. The van der Waals surface area contributed by atoms with Crippen LogP contribution in [0, 0.1) is 23.6 Å². The van der Waals surface area contributed by atoms with Gasteiger partial charge in [0.1, 0.15) is 11.6 Å². The van der Waals surface area contributed by atoms with Crippen LogP contribution in [-0.4, -0.2) is 12.5 Å². The second-order valence-corrected chi connectivity index (χ2v) is 5.16. The molecule has 0 radical (unpaired) electrons. The quantitative estimate of drug-likeness (QED) is 0.590. The third-order valence-corrected chi connectivity index (χ3v) is 3.56. The van der Waals surface area contributed by atoms with Gasteiger partial charge in [0.05, 0.1) is 18.1 Å². The minimum atomic E-state index is -0.302. The van der Waals surface area contributed by atoms with E-state index in [1.807, 2.05) is 0 Å². The Kier molecular flexibility index (Phi) is 5.54. The van der Waals surface area contributed by atoms with E-state index in [0.717, 1.165) is 0 Å². The van der Waals surface area contributed by atoms with E-state index < -0.39 is 0 Å². The standard InChI is InChI=1S/C16H18ClFO/c17-10-4-7-14-11-15(18)8-9-16(14)19-12-13-5-2-1-3-6-13/h8-9,11,13H,1-3,5-6,10,12H2. The Labute approximate surface area is 119 Å². The smallest absolute Gasteiger partial charge is 0.135 e. The Morgan fingerprint density at radius 3 is 2.79 bits per heavy atom. The third kappa shape index (κ3) is 4.44. The second kappa shape index (κ2) is 7.40. The highest BCUT2D eigenvalue weighted by atomic mass is 35.5. The Balaban J connectivity index is 2.02. The summed E-state index contributed by atoms with van der Waals surface area (Å²) in [5.41, 5.74) is 0.580. The van der Waals surface area contributed by atoms with Gasteiger partial charge < -0.3 is 4.74 Å². The highest BCUT2D eigenvalue weighted by molar-refractivity contribution is 6.19. The molecule has 0 bridgehead atoms. The predicted octanol–water partition coefficient (Wildman–Crippen LogP) is 4.38. The van der Waals surface area contributed by atoms with Gasteiger partial charge in [-0.2, -0.15) is 0 Å². The molecule has 0 amide bonds. The van der Waals surface area contributed by atoms with Crippen molar-refractivity contribution in [2.45, 2.75) is 32.1 Å². The van der Waals surface area contributed by atoms with Crippen LogP contribution in [-0.2, 0) is 0 Å². The van der Waals surface area contributed by atoms with Gasteiger partial charge in [-0.1, -0.05) is 31.1 Å². The van der Waals surface area contributed by atoms with Gasteiger partial charge in [-0.3, -0.25) is 0 Å². The molecule has 1 aromatic carbocycles. The van der Waals surface area contributed by atoms with Crippen LogP contribution in [0.15, 0.2) is 18.2 Å². The van der Waals surface area contributed by atoms with E-state index in [1.54, 1.807) is 6.07 Å². The minimum Gasteiger partial charge on any atom is -0.492 e. The summed E-state index contributed by atoms with van der Waals surface area (Å²) in [4.78, 5) is 0. The van der Waals surface area contributed by atoms with E-state index in [-0.39, 0.29) is 11.7 Å². The molecule has 0 saturated heterocycles. The van der Waals surface area contributed by atoms with Crippen LogP contribution < -0.4 is 4.74 Å². The molecule has 0 N–H and O–H groups in total. The number of alkyl halides is 1. The summed E-state index contributed by atoms with van der Waals surface area (Å²) in [6.45, 7) is 0.696. The fourth-order valence-corrected chi connectivity index (χ4v) is 2.48. The van der Waals surface area contributed by atoms with Crippen molar-refractivity contribution in [1.29, 1.82) is 0 Å². The molecule has 1 aliphatic rings. The molecule has 1 aliphatic carbocycles. The maximum Gasteiger partial charge on any atom is 0.135 e. The first-order valence-electron chi connectivity index (χ1n) is 6.77. The van der Waals surface area contributed by atoms with E-state index in [4.69, 9.17) is 16.3 Å². The lowest BCUT2D eigenvalue weighted by Gasteiger charge is -2.22. The fourth-order valence-electron chi connectivity index (χ4n) is 2.42. The van der Waals surface area contributed by atoms with Crippen molar-refractivity contribution in [2.75, 3.05) is 12.5 Å². The van der Waals surface area contributed by atoms with Gasteiger partial charge in [0.15, 0.2) is 0 Å². The molecule has 1 saturated carbocycles. The first-order valence-corrected chi connectivity index (χ1v) is 7.30. The van der Waals surface area contributed by atoms with Crippen molar-refractivity contribution in [3.63, 3.8) is 0 Å². The largest absolute Gasteiger partial charge is 0.492 e. The number of benzene rings is 1. The van der Waals surface area contributed by atoms with Crippen LogP contribution in [0.1, 0.15) is 37.7 Å². The zero-order chi connectivity index (χ0) is 13.5. The van der Waals surface area contributed by atoms with Gasteiger partial charge in [-0.05, 0) is 37.0 Å². The molecule has 0 heterocycles. The maximum absolute atomic E-state index is 13.2. The normalized spacial score (nSPS) is 15.7. The van der Waals surface area contributed by atoms with Crippen LogP contribution in [0.3, 0.4) is 0 Å². The lowest BCUT2D eigenvalue weighted by atomic mass is 9.90. The molecule has 19 heavy (non-hydrogen) atoms. The Morgan fingerprint density at radius 2 is 2.05 bits per heavy atom. The molecule has 0 aromatic heterocycles. The summed E-state index contributed by atoms with van der Waals surface area (Å²) in [7, 11) is 0. The number of hydrogen-bond acceptors (Lipinski definition) is 1. The van der Waals surface area contributed by atoms with Crippen LogP contribution in [0.25, 0.3) is 0 Å². The van der Waals surface area contributed by atoms with E-state index in [2.05, 4.69) is 11.8 Å². The highest BCUT2D eigenvalue weighted by Gasteiger charge is 2.14. The van der Waals surface area contributed by atoms with Gasteiger partial charge in [0.25, 0.3) is 0 Å². The van der Waals surface area contributed by atoms with Crippen LogP contribution in [0.5, 0.6) is 5.75 Å². The average molecular weight is 281 g/mol. The van der Waals surface area contributed by atoms with Crippen molar-refractivity contribution in [1.82, 2.24) is 0 Å². The molecule has 1 fully saturated rings. The van der Waals surface area contributed by atoms with E-state index in [1.165, 1.54) is 44.2 Å².